The molecule has 2 N–H and O–H groups in total. The SMILES string of the molecule is Cc1cc[n+](CCC(=O)NCCC(=O)O)cc1. The van der Waals surface area contributed by atoms with Crippen molar-refractivity contribution < 1.29 is 19.3 Å². The normalized spacial score (nSPS) is 9.94. The fraction of sp³-hybridized carbons (Fsp3) is 0.417. The third-order valence-corrected chi connectivity index (χ3v) is 2.32. The van der Waals surface area contributed by atoms with E-state index in [0.717, 1.165) is 0 Å². The van der Waals surface area contributed by atoms with Crippen LogP contribution in [0.5, 0.6) is 0 Å². The van der Waals surface area contributed by atoms with Gasteiger partial charge in [0.15, 0.2) is 18.9 Å². The molecule has 0 bridgehead atoms. The van der Waals surface area contributed by atoms with E-state index in [0.29, 0.717) is 13.0 Å². The van der Waals surface area contributed by atoms with E-state index in [1.807, 2.05) is 36.0 Å². The predicted molar refractivity (Wildman–Crippen MR) is 61.3 cm³/mol. The Hall–Kier alpha value is -1.91. The number of nitrogens with one attached hydrogen (secondary N) is 1. The van der Waals surface area contributed by atoms with Gasteiger partial charge >= 0.3 is 5.97 Å². The number of carboxylic acid groups (broad SMARTS) is 1. The van der Waals surface area contributed by atoms with Crippen molar-refractivity contribution in [3.05, 3.63) is 30.1 Å². The molecule has 0 aliphatic rings. The summed E-state index contributed by atoms with van der Waals surface area (Å²) in [6.07, 6.45) is 4.15. The molecule has 5 heteroatoms. The standard InChI is InChI=1S/C12H16N2O3/c1-10-3-7-14(8-4-10)9-5-11(15)13-6-2-12(16)17/h3-4,7-8H,2,5-6,9H2,1H3,(H-,13,15,16,17)/p+1. The number of aryl methyl sites for hydroxylation is 2. The molecule has 5 nitrogen and oxygen atoms in total. The average molecular weight is 237 g/mol. The first-order valence-corrected chi connectivity index (χ1v) is 5.52. The minimum atomic E-state index is -0.904. The van der Waals surface area contributed by atoms with Gasteiger partial charge in [-0.1, -0.05) is 0 Å². The second-order valence-corrected chi connectivity index (χ2v) is 3.86. The third kappa shape index (κ3) is 5.65. The molecule has 1 heterocycles. The molecule has 0 saturated heterocycles. The van der Waals surface area contributed by atoms with Gasteiger partial charge in [0.05, 0.1) is 12.8 Å². The molecule has 0 aliphatic heterocycles. The molecule has 0 atom stereocenters. The van der Waals surface area contributed by atoms with Gasteiger partial charge in [0, 0.05) is 18.7 Å². The second kappa shape index (κ2) is 6.62. The van der Waals surface area contributed by atoms with Gasteiger partial charge in [-0.2, -0.15) is 0 Å². The van der Waals surface area contributed by atoms with Crippen molar-refractivity contribution in [2.75, 3.05) is 6.54 Å². The van der Waals surface area contributed by atoms with Crippen LogP contribution in [-0.2, 0) is 16.1 Å². The molecule has 0 spiro atoms. The molecule has 0 aromatic carbocycles. The molecule has 0 saturated carbocycles. The topological polar surface area (TPSA) is 70.3 Å². The average Bonchev–Trinajstić information content (AvgIpc) is 2.28. The van der Waals surface area contributed by atoms with Crippen LogP contribution in [0.2, 0.25) is 0 Å². The van der Waals surface area contributed by atoms with E-state index in [-0.39, 0.29) is 18.9 Å². The summed E-state index contributed by atoms with van der Waals surface area (Å²) < 4.78 is 1.92. The summed E-state index contributed by atoms with van der Waals surface area (Å²) in [6.45, 7) is 2.79. The zero-order valence-electron chi connectivity index (χ0n) is 9.85. The van der Waals surface area contributed by atoms with E-state index in [1.165, 1.54) is 5.56 Å². The Bertz CT molecular complexity index is 387. The summed E-state index contributed by atoms with van der Waals surface area (Å²) in [5.74, 6) is -1.03. The Labute approximate surface area is 100 Å². The monoisotopic (exact) mass is 237 g/mol. The highest BCUT2D eigenvalue weighted by atomic mass is 16.4. The number of aliphatic carboxylic acids is 1. The van der Waals surface area contributed by atoms with Crippen molar-refractivity contribution in [2.24, 2.45) is 0 Å². The number of carbonyl (C=O) groups excluding carboxylic acids is 1. The van der Waals surface area contributed by atoms with Crippen LogP contribution in [0, 0.1) is 6.92 Å². The fourth-order valence-electron chi connectivity index (χ4n) is 1.31. The maximum atomic E-state index is 11.3. The van der Waals surface area contributed by atoms with Crippen molar-refractivity contribution in [2.45, 2.75) is 26.3 Å². The van der Waals surface area contributed by atoms with E-state index in [9.17, 15) is 9.59 Å². The third-order valence-electron chi connectivity index (χ3n) is 2.32. The van der Waals surface area contributed by atoms with Gasteiger partial charge in [-0.15, -0.1) is 0 Å². The van der Waals surface area contributed by atoms with Crippen LogP contribution >= 0.6 is 0 Å². The zero-order valence-corrected chi connectivity index (χ0v) is 9.85. The molecule has 0 radical (unpaired) electrons. The van der Waals surface area contributed by atoms with Gasteiger partial charge in [-0.25, -0.2) is 4.57 Å². The van der Waals surface area contributed by atoms with Gasteiger partial charge in [-0.05, 0) is 12.5 Å². The minimum absolute atomic E-state index is 0.0383. The molecular formula is C12H17N2O3+. The molecule has 17 heavy (non-hydrogen) atoms. The number of aromatic nitrogens is 1. The lowest BCUT2D eigenvalue weighted by molar-refractivity contribution is -0.695. The molecular weight excluding hydrogens is 220 g/mol. The molecule has 1 amide bonds. The molecule has 1 rings (SSSR count). The van der Waals surface area contributed by atoms with Crippen molar-refractivity contribution in [3.63, 3.8) is 0 Å². The number of hydrogen-bond donors (Lipinski definition) is 2. The molecule has 92 valence electrons. The van der Waals surface area contributed by atoms with E-state index in [4.69, 9.17) is 5.11 Å². The van der Waals surface area contributed by atoms with Gasteiger partial charge in [0.1, 0.15) is 0 Å². The van der Waals surface area contributed by atoms with E-state index < -0.39 is 5.97 Å². The van der Waals surface area contributed by atoms with Crippen LogP contribution in [0.15, 0.2) is 24.5 Å². The summed E-state index contributed by atoms with van der Waals surface area (Å²) in [6, 6.07) is 3.95. The number of hydrogen-bond acceptors (Lipinski definition) is 2. The van der Waals surface area contributed by atoms with E-state index in [1.54, 1.807) is 0 Å². The van der Waals surface area contributed by atoms with Gasteiger partial charge < -0.3 is 10.4 Å². The highest BCUT2D eigenvalue weighted by molar-refractivity contribution is 5.76. The van der Waals surface area contributed by atoms with Crippen molar-refractivity contribution in [1.29, 1.82) is 0 Å². The largest absolute Gasteiger partial charge is 0.481 e. The van der Waals surface area contributed by atoms with E-state index in [2.05, 4.69) is 5.32 Å². The van der Waals surface area contributed by atoms with Crippen molar-refractivity contribution in [1.82, 2.24) is 5.32 Å². The Balaban J connectivity index is 2.23. The number of nitrogens with zero attached hydrogens (tertiary/aromatic N) is 1. The summed E-state index contributed by atoms with van der Waals surface area (Å²) in [5, 5.41) is 11.0. The fourth-order valence-corrected chi connectivity index (χ4v) is 1.31. The molecule has 0 fully saturated rings. The lowest BCUT2D eigenvalue weighted by atomic mass is 10.3. The van der Waals surface area contributed by atoms with Crippen molar-refractivity contribution in [3.8, 4) is 0 Å². The Morgan fingerprint density at radius 3 is 2.53 bits per heavy atom. The van der Waals surface area contributed by atoms with Gasteiger partial charge in [-0.3, -0.25) is 9.59 Å². The Kier molecular flexibility index (Phi) is 5.13. The molecule has 1 aromatic heterocycles. The maximum Gasteiger partial charge on any atom is 0.305 e. The summed E-state index contributed by atoms with van der Waals surface area (Å²) in [4.78, 5) is 21.6. The molecule has 1 aromatic rings. The first kappa shape index (κ1) is 13.2. The molecule has 0 aliphatic carbocycles. The highest BCUT2D eigenvalue weighted by Gasteiger charge is 2.06. The highest BCUT2D eigenvalue weighted by Crippen LogP contribution is 1.90. The minimum Gasteiger partial charge on any atom is -0.481 e. The lowest BCUT2D eigenvalue weighted by Crippen LogP contribution is -2.36. The Morgan fingerprint density at radius 2 is 1.94 bits per heavy atom. The van der Waals surface area contributed by atoms with Crippen LogP contribution in [0.25, 0.3) is 0 Å². The van der Waals surface area contributed by atoms with Crippen LogP contribution in [0.4, 0.5) is 0 Å². The second-order valence-electron chi connectivity index (χ2n) is 3.86. The van der Waals surface area contributed by atoms with Gasteiger partial charge in [0.25, 0.3) is 0 Å². The number of pyridine rings is 1. The zero-order chi connectivity index (χ0) is 12.7. The lowest BCUT2D eigenvalue weighted by Gasteiger charge is -2.01. The number of carboxylic acids is 1. The number of rotatable bonds is 6. The predicted octanol–water partition coefficient (Wildman–Crippen LogP) is 0.264. The first-order valence-electron chi connectivity index (χ1n) is 5.52. The van der Waals surface area contributed by atoms with Crippen molar-refractivity contribution >= 4 is 11.9 Å². The van der Waals surface area contributed by atoms with Crippen LogP contribution in [0.1, 0.15) is 18.4 Å². The summed E-state index contributed by atoms with van der Waals surface area (Å²) in [5.41, 5.74) is 1.17. The quantitative estimate of drug-likeness (QED) is 0.697. The van der Waals surface area contributed by atoms with E-state index >= 15 is 0 Å². The van der Waals surface area contributed by atoms with Crippen LogP contribution in [-0.4, -0.2) is 23.5 Å². The maximum absolute atomic E-state index is 11.3. The van der Waals surface area contributed by atoms with Crippen LogP contribution < -0.4 is 9.88 Å². The summed E-state index contributed by atoms with van der Waals surface area (Å²) in [7, 11) is 0. The molecule has 0 unspecified atom stereocenters. The van der Waals surface area contributed by atoms with Crippen LogP contribution in [0.3, 0.4) is 0 Å². The Morgan fingerprint density at radius 1 is 1.29 bits per heavy atom. The first-order chi connectivity index (χ1) is 8.08. The smallest absolute Gasteiger partial charge is 0.305 e. The number of carbonyl (C=O) groups is 2. The summed E-state index contributed by atoms with van der Waals surface area (Å²) >= 11 is 0. The van der Waals surface area contributed by atoms with Gasteiger partial charge in [0.2, 0.25) is 5.91 Å². The number of amides is 1.